The molecule has 0 aliphatic heterocycles. The van der Waals surface area contributed by atoms with Gasteiger partial charge >= 0.3 is 5.97 Å². The van der Waals surface area contributed by atoms with Crippen molar-refractivity contribution in [3.8, 4) is 0 Å². The second kappa shape index (κ2) is 7.49. The first-order chi connectivity index (χ1) is 12.5. The lowest BCUT2D eigenvalue weighted by atomic mass is 9.85. The molecule has 0 unspecified atom stereocenters. The number of rotatable bonds is 5. The van der Waals surface area contributed by atoms with Crippen molar-refractivity contribution in [1.29, 1.82) is 0 Å². The molecule has 2 aromatic rings. The first-order valence-electron chi connectivity index (χ1n) is 7.92. The maximum absolute atomic E-state index is 12.4. The van der Waals surface area contributed by atoms with Crippen molar-refractivity contribution >= 4 is 40.8 Å². The Bertz CT molecular complexity index is 883. The van der Waals surface area contributed by atoms with Crippen LogP contribution in [0, 0.1) is 5.92 Å². The SMILES string of the molecule is O=C(O)c1nccnc1C(=O)Nc1cc(NC(=O)C2CCC2)ccc1Cl. The fourth-order valence-electron chi connectivity index (χ4n) is 2.46. The molecule has 0 bridgehead atoms. The monoisotopic (exact) mass is 374 g/mol. The highest BCUT2D eigenvalue weighted by atomic mass is 35.5. The molecule has 26 heavy (non-hydrogen) atoms. The van der Waals surface area contributed by atoms with Crippen LogP contribution in [0.3, 0.4) is 0 Å². The van der Waals surface area contributed by atoms with Gasteiger partial charge in [-0.2, -0.15) is 0 Å². The Kier molecular flexibility index (Phi) is 5.13. The zero-order chi connectivity index (χ0) is 18.7. The number of carboxylic acids is 1. The molecule has 1 aliphatic carbocycles. The van der Waals surface area contributed by atoms with E-state index in [2.05, 4.69) is 20.6 Å². The lowest BCUT2D eigenvalue weighted by molar-refractivity contribution is -0.122. The van der Waals surface area contributed by atoms with Crippen LogP contribution in [-0.4, -0.2) is 32.9 Å². The van der Waals surface area contributed by atoms with Crippen LogP contribution in [0.25, 0.3) is 0 Å². The number of halogens is 1. The number of hydrogen-bond donors (Lipinski definition) is 3. The average Bonchev–Trinajstić information content (AvgIpc) is 2.56. The molecule has 0 atom stereocenters. The molecule has 3 rings (SSSR count). The molecule has 1 saturated carbocycles. The van der Waals surface area contributed by atoms with Gasteiger partial charge in [0.1, 0.15) is 0 Å². The predicted molar refractivity (Wildman–Crippen MR) is 94.4 cm³/mol. The van der Waals surface area contributed by atoms with Crippen molar-refractivity contribution in [2.24, 2.45) is 5.92 Å². The Morgan fingerprint density at radius 3 is 2.38 bits per heavy atom. The number of carboxylic acid groups (broad SMARTS) is 1. The van der Waals surface area contributed by atoms with Crippen LogP contribution in [0.4, 0.5) is 11.4 Å². The van der Waals surface area contributed by atoms with Crippen molar-refractivity contribution in [2.75, 3.05) is 10.6 Å². The summed E-state index contributed by atoms with van der Waals surface area (Å²) in [4.78, 5) is 43.0. The van der Waals surface area contributed by atoms with Crippen LogP contribution < -0.4 is 10.6 Å². The van der Waals surface area contributed by atoms with E-state index in [-0.39, 0.29) is 28.2 Å². The van der Waals surface area contributed by atoms with Gasteiger partial charge in [-0.1, -0.05) is 18.0 Å². The van der Waals surface area contributed by atoms with Crippen molar-refractivity contribution in [3.63, 3.8) is 0 Å². The fourth-order valence-corrected chi connectivity index (χ4v) is 2.62. The quantitative estimate of drug-likeness (QED) is 0.739. The number of aromatic carboxylic acids is 1. The predicted octanol–water partition coefficient (Wildman–Crippen LogP) is 2.82. The molecule has 1 fully saturated rings. The first kappa shape index (κ1) is 17.8. The van der Waals surface area contributed by atoms with Gasteiger partial charge in [0.15, 0.2) is 11.4 Å². The highest BCUT2D eigenvalue weighted by molar-refractivity contribution is 6.34. The minimum atomic E-state index is -1.36. The number of nitrogens with one attached hydrogen (secondary N) is 2. The number of amides is 2. The summed E-state index contributed by atoms with van der Waals surface area (Å²) < 4.78 is 0. The van der Waals surface area contributed by atoms with Crippen LogP contribution >= 0.6 is 11.6 Å². The molecule has 3 N–H and O–H groups in total. The van der Waals surface area contributed by atoms with Crippen LogP contribution in [0.1, 0.15) is 40.2 Å². The van der Waals surface area contributed by atoms with Gasteiger partial charge in [-0.15, -0.1) is 0 Å². The van der Waals surface area contributed by atoms with Gasteiger partial charge in [-0.3, -0.25) is 9.59 Å². The van der Waals surface area contributed by atoms with Gasteiger partial charge < -0.3 is 15.7 Å². The Hall–Kier alpha value is -3.00. The summed E-state index contributed by atoms with van der Waals surface area (Å²) in [7, 11) is 0. The third kappa shape index (κ3) is 3.80. The van der Waals surface area contributed by atoms with E-state index in [0.29, 0.717) is 5.69 Å². The molecule has 9 heteroatoms. The number of carbonyl (C=O) groups excluding carboxylic acids is 2. The highest BCUT2D eigenvalue weighted by Crippen LogP contribution is 2.30. The van der Waals surface area contributed by atoms with Gasteiger partial charge in [0, 0.05) is 24.0 Å². The van der Waals surface area contributed by atoms with Crippen LogP contribution in [-0.2, 0) is 4.79 Å². The average molecular weight is 375 g/mol. The van der Waals surface area contributed by atoms with Gasteiger partial charge in [-0.05, 0) is 31.0 Å². The van der Waals surface area contributed by atoms with E-state index in [1.165, 1.54) is 24.5 Å². The normalized spacial score (nSPS) is 13.6. The van der Waals surface area contributed by atoms with E-state index in [0.717, 1.165) is 19.3 Å². The van der Waals surface area contributed by atoms with Gasteiger partial charge in [0.2, 0.25) is 5.91 Å². The highest BCUT2D eigenvalue weighted by Gasteiger charge is 2.25. The summed E-state index contributed by atoms with van der Waals surface area (Å²) in [6.07, 6.45) is 5.19. The fraction of sp³-hybridized carbons (Fsp3) is 0.235. The van der Waals surface area contributed by atoms with E-state index in [9.17, 15) is 14.4 Å². The van der Waals surface area contributed by atoms with E-state index in [4.69, 9.17) is 16.7 Å². The number of hydrogen-bond acceptors (Lipinski definition) is 5. The molecule has 2 amide bonds. The molecule has 8 nitrogen and oxygen atoms in total. The van der Waals surface area contributed by atoms with Crippen molar-refractivity contribution in [1.82, 2.24) is 9.97 Å². The standard InChI is InChI=1S/C17H15ClN4O4/c18-11-5-4-10(21-15(23)9-2-1-3-9)8-12(11)22-16(24)13-14(17(25)26)20-7-6-19-13/h4-9H,1-3H2,(H,21,23)(H,22,24)(H,25,26). The van der Waals surface area contributed by atoms with Crippen LogP contribution in [0.2, 0.25) is 5.02 Å². The molecule has 1 aliphatic rings. The number of carbonyl (C=O) groups is 3. The first-order valence-corrected chi connectivity index (χ1v) is 8.29. The second-order valence-corrected chi connectivity index (χ2v) is 6.23. The molecule has 1 aromatic carbocycles. The molecular formula is C17H15ClN4O4. The van der Waals surface area contributed by atoms with Gasteiger partial charge in [0.25, 0.3) is 5.91 Å². The zero-order valence-electron chi connectivity index (χ0n) is 13.5. The summed E-state index contributed by atoms with van der Waals surface area (Å²) in [5, 5.41) is 14.6. The van der Waals surface area contributed by atoms with Crippen LogP contribution in [0.5, 0.6) is 0 Å². The van der Waals surface area contributed by atoms with E-state index < -0.39 is 17.6 Å². The Morgan fingerprint density at radius 1 is 1.08 bits per heavy atom. The minimum Gasteiger partial charge on any atom is -0.476 e. The Balaban J connectivity index is 1.79. The van der Waals surface area contributed by atoms with Crippen molar-refractivity contribution in [2.45, 2.75) is 19.3 Å². The summed E-state index contributed by atoms with van der Waals surface area (Å²) in [5.41, 5.74) is -0.0835. The molecule has 0 spiro atoms. The molecule has 1 heterocycles. The van der Waals surface area contributed by atoms with Gasteiger partial charge in [0.05, 0.1) is 10.7 Å². The number of benzene rings is 1. The smallest absolute Gasteiger partial charge is 0.356 e. The molecule has 1 aromatic heterocycles. The largest absolute Gasteiger partial charge is 0.476 e. The summed E-state index contributed by atoms with van der Waals surface area (Å²) in [6, 6.07) is 4.66. The zero-order valence-corrected chi connectivity index (χ0v) is 14.3. The minimum absolute atomic E-state index is 0.0152. The summed E-state index contributed by atoms with van der Waals surface area (Å²) in [5.74, 6) is -2.19. The summed E-state index contributed by atoms with van der Waals surface area (Å²) in [6.45, 7) is 0. The Morgan fingerprint density at radius 2 is 1.77 bits per heavy atom. The van der Waals surface area contributed by atoms with E-state index >= 15 is 0 Å². The van der Waals surface area contributed by atoms with Crippen molar-refractivity contribution in [3.05, 3.63) is 47.0 Å². The Labute approximate surface area is 153 Å². The van der Waals surface area contributed by atoms with E-state index in [1.54, 1.807) is 6.07 Å². The maximum atomic E-state index is 12.4. The maximum Gasteiger partial charge on any atom is 0.356 e. The number of nitrogens with zero attached hydrogens (tertiary/aromatic N) is 2. The van der Waals surface area contributed by atoms with E-state index in [1.807, 2.05) is 0 Å². The summed E-state index contributed by atoms with van der Waals surface area (Å²) >= 11 is 6.09. The third-order valence-corrected chi connectivity index (χ3v) is 4.40. The second-order valence-electron chi connectivity index (χ2n) is 5.82. The number of anilines is 2. The topological polar surface area (TPSA) is 121 Å². The molecule has 0 saturated heterocycles. The van der Waals surface area contributed by atoms with Gasteiger partial charge in [-0.25, -0.2) is 14.8 Å². The number of aromatic nitrogens is 2. The van der Waals surface area contributed by atoms with Crippen LogP contribution in [0.15, 0.2) is 30.6 Å². The molecule has 134 valence electrons. The molecule has 0 radical (unpaired) electrons. The molecular weight excluding hydrogens is 360 g/mol. The lowest BCUT2D eigenvalue weighted by Gasteiger charge is -2.24. The lowest BCUT2D eigenvalue weighted by Crippen LogP contribution is -2.28. The third-order valence-electron chi connectivity index (χ3n) is 4.07. The van der Waals surface area contributed by atoms with Crippen molar-refractivity contribution < 1.29 is 19.5 Å².